The Bertz CT molecular complexity index is 469. The Morgan fingerprint density at radius 1 is 1.56 bits per heavy atom. The Morgan fingerprint density at radius 3 is 2.89 bits per heavy atom. The number of benzene rings is 1. The third-order valence-electron chi connectivity index (χ3n) is 2.53. The monoisotopic (exact) mass is 310 g/mol. The molecule has 96 valence electrons. The molecule has 0 N–H and O–H groups in total. The molecule has 0 bridgehead atoms. The normalized spacial score (nSPS) is 9.67. The lowest BCUT2D eigenvalue weighted by Gasteiger charge is -2.18. The first-order valence-electron chi connectivity index (χ1n) is 5.51. The Kier molecular flexibility index (Phi) is 5.66. The summed E-state index contributed by atoms with van der Waals surface area (Å²) < 4.78 is 6.19. The zero-order valence-electron chi connectivity index (χ0n) is 10.4. The molecule has 5 heteroatoms. The number of nitriles is 1. The fourth-order valence-electron chi connectivity index (χ4n) is 1.57. The van der Waals surface area contributed by atoms with Gasteiger partial charge in [0.25, 0.3) is 0 Å². The lowest BCUT2D eigenvalue weighted by Crippen LogP contribution is -2.26. The van der Waals surface area contributed by atoms with Crippen LogP contribution in [-0.2, 0) is 11.3 Å². The molecule has 0 fully saturated rings. The molecule has 1 aromatic carbocycles. The number of nitrogens with zero attached hydrogens (tertiary/aromatic N) is 2. The lowest BCUT2D eigenvalue weighted by molar-refractivity contribution is -0.130. The second kappa shape index (κ2) is 7.02. The predicted octanol–water partition coefficient (Wildman–Crippen LogP) is 2.72. The molecule has 4 nitrogen and oxygen atoms in total. The van der Waals surface area contributed by atoms with Crippen molar-refractivity contribution in [3.8, 4) is 11.8 Å². The first kappa shape index (κ1) is 14.5. The summed E-state index contributed by atoms with van der Waals surface area (Å²) in [6.45, 7) is 0.465. The van der Waals surface area contributed by atoms with E-state index in [2.05, 4.69) is 15.9 Å². The van der Waals surface area contributed by atoms with E-state index in [9.17, 15) is 4.79 Å². The highest BCUT2D eigenvalue weighted by Gasteiger charge is 2.12. The number of hydrogen-bond donors (Lipinski definition) is 0. The van der Waals surface area contributed by atoms with Crippen LogP contribution in [0.2, 0.25) is 0 Å². The molecule has 1 amide bonds. The van der Waals surface area contributed by atoms with Gasteiger partial charge in [0.2, 0.25) is 5.91 Å². The molecule has 0 aromatic heterocycles. The minimum atomic E-state index is -0.0430. The quantitative estimate of drug-likeness (QED) is 0.840. The number of rotatable bonds is 5. The van der Waals surface area contributed by atoms with Gasteiger partial charge < -0.3 is 9.64 Å². The minimum absolute atomic E-state index is 0.0430. The van der Waals surface area contributed by atoms with Crippen LogP contribution >= 0.6 is 15.9 Å². The molecule has 0 spiro atoms. The number of carbonyl (C=O) groups is 1. The molecular weight excluding hydrogens is 296 g/mol. The van der Waals surface area contributed by atoms with E-state index in [-0.39, 0.29) is 18.7 Å². The molecule has 0 unspecified atom stereocenters. The first-order chi connectivity index (χ1) is 8.58. The molecule has 18 heavy (non-hydrogen) atoms. The summed E-state index contributed by atoms with van der Waals surface area (Å²) in [7, 11) is 3.32. The van der Waals surface area contributed by atoms with Crippen molar-refractivity contribution in [3.05, 3.63) is 28.2 Å². The van der Waals surface area contributed by atoms with Crippen LogP contribution in [0.1, 0.15) is 18.4 Å². The molecule has 0 saturated heterocycles. The molecule has 0 aliphatic heterocycles. The topological polar surface area (TPSA) is 53.3 Å². The predicted molar refractivity (Wildman–Crippen MR) is 72.0 cm³/mol. The van der Waals surface area contributed by atoms with Crippen LogP contribution in [0.25, 0.3) is 0 Å². The van der Waals surface area contributed by atoms with E-state index in [1.54, 1.807) is 19.1 Å². The molecule has 0 aliphatic rings. The van der Waals surface area contributed by atoms with Gasteiger partial charge in [-0.25, -0.2) is 0 Å². The maximum Gasteiger partial charge on any atom is 0.223 e. The van der Waals surface area contributed by atoms with Gasteiger partial charge in [-0.2, -0.15) is 5.26 Å². The second-order valence-corrected chi connectivity index (χ2v) is 4.78. The van der Waals surface area contributed by atoms with Gasteiger partial charge in [-0.3, -0.25) is 4.79 Å². The molecule has 1 rings (SSSR count). The van der Waals surface area contributed by atoms with Crippen molar-refractivity contribution >= 4 is 21.8 Å². The summed E-state index contributed by atoms with van der Waals surface area (Å²) in [5, 5.41) is 8.46. The van der Waals surface area contributed by atoms with Crippen LogP contribution in [0.3, 0.4) is 0 Å². The second-order valence-electron chi connectivity index (χ2n) is 3.86. The third-order valence-corrected chi connectivity index (χ3v) is 3.02. The largest absolute Gasteiger partial charge is 0.496 e. The fourth-order valence-corrected chi connectivity index (χ4v) is 1.98. The van der Waals surface area contributed by atoms with E-state index >= 15 is 0 Å². The van der Waals surface area contributed by atoms with E-state index in [0.29, 0.717) is 6.54 Å². The van der Waals surface area contributed by atoms with Crippen molar-refractivity contribution < 1.29 is 9.53 Å². The summed E-state index contributed by atoms with van der Waals surface area (Å²) in [5.74, 6) is 0.705. The smallest absolute Gasteiger partial charge is 0.223 e. The van der Waals surface area contributed by atoms with Crippen molar-refractivity contribution in [1.29, 1.82) is 5.26 Å². The van der Waals surface area contributed by atoms with Crippen LogP contribution in [0.15, 0.2) is 22.7 Å². The van der Waals surface area contributed by atoms with E-state index in [1.165, 1.54) is 0 Å². The van der Waals surface area contributed by atoms with E-state index < -0.39 is 0 Å². The summed E-state index contributed by atoms with van der Waals surface area (Å²) in [5.41, 5.74) is 0.930. The number of amides is 1. The van der Waals surface area contributed by atoms with E-state index in [0.717, 1.165) is 15.8 Å². The van der Waals surface area contributed by atoms with Gasteiger partial charge in [0.1, 0.15) is 5.75 Å². The summed E-state index contributed by atoms with van der Waals surface area (Å²) in [6.07, 6.45) is 0.502. The lowest BCUT2D eigenvalue weighted by atomic mass is 10.2. The zero-order chi connectivity index (χ0) is 13.5. The Morgan fingerprint density at radius 2 is 2.28 bits per heavy atom. The SMILES string of the molecule is COc1ccc(Br)cc1CN(C)C(=O)CCC#N. The highest BCUT2D eigenvalue weighted by molar-refractivity contribution is 9.10. The van der Waals surface area contributed by atoms with Gasteiger partial charge in [-0.15, -0.1) is 0 Å². The maximum absolute atomic E-state index is 11.7. The number of carbonyl (C=O) groups excluding carboxylic acids is 1. The molecule has 1 aromatic rings. The molecule has 0 saturated carbocycles. The van der Waals surface area contributed by atoms with Crippen molar-refractivity contribution in [2.45, 2.75) is 19.4 Å². The summed E-state index contributed by atoms with van der Waals surface area (Å²) in [6, 6.07) is 7.64. The van der Waals surface area contributed by atoms with Crippen LogP contribution < -0.4 is 4.74 Å². The first-order valence-corrected chi connectivity index (χ1v) is 6.31. The van der Waals surface area contributed by atoms with E-state index in [1.807, 2.05) is 24.3 Å². The van der Waals surface area contributed by atoms with Gasteiger partial charge >= 0.3 is 0 Å². The summed E-state index contributed by atoms with van der Waals surface area (Å²) >= 11 is 3.39. The average Bonchev–Trinajstić information content (AvgIpc) is 2.36. The van der Waals surface area contributed by atoms with Gasteiger partial charge in [-0.05, 0) is 18.2 Å². The van der Waals surface area contributed by atoms with Gasteiger partial charge in [-0.1, -0.05) is 15.9 Å². The summed E-state index contributed by atoms with van der Waals surface area (Å²) in [4.78, 5) is 13.3. The maximum atomic E-state index is 11.7. The number of hydrogen-bond acceptors (Lipinski definition) is 3. The van der Waals surface area contributed by atoms with Gasteiger partial charge in [0, 0.05) is 36.5 Å². The van der Waals surface area contributed by atoms with Crippen LogP contribution in [0.4, 0.5) is 0 Å². The highest BCUT2D eigenvalue weighted by atomic mass is 79.9. The van der Waals surface area contributed by atoms with Crippen molar-refractivity contribution in [1.82, 2.24) is 4.90 Å². The van der Waals surface area contributed by atoms with Crippen molar-refractivity contribution in [2.75, 3.05) is 14.2 Å². The highest BCUT2D eigenvalue weighted by Crippen LogP contribution is 2.24. The van der Waals surface area contributed by atoms with E-state index in [4.69, 9.17) is 10.00 Å². The zero-order valence-corrected chi connectivity index (χ0v) is 12.0. The minimum Gasteiger partial charge on any atom is -0.496 e. The van der Waals surface area contributed by atoms with Crippen LogP contribution in [0, 0.1) is 11.3 Å². The van der Waals surface area contributed by atoms with Crippen molar-refractivity contribution in [3.63, 3.8) is 0 Å². The molecule has 0 atom stereocenters. The molecular formula is C13H15BrN2O2. The average molecular weight is 311 g/mol. The van der Waals surface area contributed by atoms with Crippen molar-refractivity contribution in [2.24, 2.45) is 0 Å². The Labute approximate surface area is 115 Å². The number of methoxy groups -OCH3 is 1. The number of ether oxygens (including phenoxy) is 1. The van der Waals surface area contributed by atoms with Gasteiger partial charge in [0.15, 0.2) is 0 Å². The Hall–Kier alpha value is -1.54. The molecule has 0 radical (unpaired) electrons. The molecule has 0 heterocycles. The standard InChI is InChI=1S/C13H15BrN2O2/c1-16(13(17)4-3-7-15)9-10-8-11(14)5-6-12(10)18-2/h5-6,8H,3-4,9H2,1-2H3. The number of halogens is 1. The van der Waals surface area contributed by atoms with Gasteiger partial charge in [0.05, 0.1) is 13.2 Å². The molecule has 0 aliphatic carbocycles. The Balaban J connectivity index is 2.75. The van der Waals surface area contributed by atoms with Crippen LogP contribution in [-0.4, -0.2) is 25.0 Å². The fraction of sp³-hybridized carbons (Fsp3) is 0.385. The third kappa shape index (κ3) is 4.04. The van der Waals surface area contributed by atoms with Crippen LogP contribution in [0.5, 0.6) is 5.75 Å².